The number of rotatable bonds is 4. The second-order valence-electron chi connectivity index (χ2n) is 6.74. The molecule has 1 amide bonds. The number of amides is 1. The fourth-order valence-electron chi connectivity index (χ4n) is 3.00. The summed E-state index contributed by atoms with van der Waals surface area (Å²) in [6.07, 6.45) is 3.77. The van der Waals surface area contributed by atoms with Crippen molar-refractivity contribution < 1.29 is 4.79 Å². The van der Waals surface area contributed by atoms with Crippen LogP contribution < -0.4 is 11.1 Å². The van der Waals surface area contributed by atoms with Crippen molar-refractivity contribution in [1.29, 1.82) is 0 Å². The van der Waals surface area contributed by atoms with E-state index in [1.54, 1.807) is 0 Å². The number of benzene rings is 1. The van der Waals surface area contributed by atoms with Crippen molar-refractivity contribution in [3.05, 3.63) is 29.8 Å². The van der Waals surface area contributed by atoms with E-state index in [4.69, 9.17) is 5.73 Å². The molecule has 2 atom stereocenters. The molecule has 1 aliphatic carbocycles. The van der Waals surface area contributed by atoms with Gasteiger partial charge in [-0.25, -0.2) is 0 Å². The van der Waals surface area contributed by atoms with Crippen molar-refractivity contribution in [3.8, 4) is 0 Å². The second kappa shape index (κ2) is 5.86. The van der Waals surface area contributed by atoms with Gasteiger partial charge >= 0.3 is 0 Å². The van der Waals surface area contributed by atoms with Crippen molar-refractivity contribution in [2.45, 2.75) is 45.4 Å². The minimum atomic E-state index is -0.516. The topological polar surface area (TPSA) is 55.1 Å². The van der Waals surface area contributed by atoms with E-state index >= 15 is 0 Å². The van der Waals surface area contributed by atoms with Crippen molar-refractivity contribution >= 4 is 11.6 Å². The van der Waals surface area contributed by atoms with E-state index in [0.29, 0.717) is 5.92 Å². The Kier molecular flexibility index (Phi) is 4.36. The van der Waals surface area contributed by atoms with Crippen LogP contribution in [0.25, 0.3) is 0 Å². The summed E-state index contributed by atoms with van der Waals surface area (Å²) in [7, 11) is 0. The van der Waals surface area contributed by atoms with Gasteiger partial charge < -0.3 is 11.1 Å². The average molecular weight is 274 g/mol. The first-order valence-corrected chi connectivity index (χ1v) is 7.54. The molecule has 0 bridgehead atoms. The lowest BCUT2D eigenvalue weighted by atomic mass is 9.83. The Labute approximate surface area is 121 Å². The van der Waals surface area contributed by atoms with Crippen LogP contribution in [-0.4, -0.2) is 12.5 Å². The van der Waals surface area contributed by atoms with Crippen LogP contribution in [0, 0.1) is 11.8 Å². The van der Waals surface area contributed by atoms with Crippen LogP contribution in [0.4, 0.5) is 5.69 Å². The van der Waals surface area contributed by atoms with E-state index in [0.717, 1.165) is 23.7 Å². The Morgan fingerprint density at radius 1 is 1.30 bits per heavy atom. The molecule has 110 valence electrons. The molecule has 0 spiro atoms. The Morgan fingerprint density at radius 3 is 2.50 bits per heavy atom. The van der Waals surface area contributed by atoms with Gasteiger partial charge in [0, 0.05) is 12.2 Å². The third-order valence-corrected chi connectivity index (χ3v) is 4.55. The summed E-state index contributed by atoms with van der Waals surface area (Å²) in [5.41, 5.74) is 6.91. The monoisotopic (exact) mass is 274 g/mol. The number of carbonyl (C=O) groups is 1. The average Bonchev–Trinajstić information content (AvgIpc) is 2.82. The van der Waals surface area contributed by atoms with Crippen LogP contribution in [0.1, 0.15) is 45.6 Å². The number of anilines is 1. The maximum Gasteiger partial charge on any atom is 0.230 e. The summed E-state index contributed by atoms with van der Waals surface area (Å²) in [6.45, 7) is 7.03. The number of nitrogens with one attached hydrogen (secondary N) is 1. The number of hydrogen-bond donors (Lipinski definition) is 2. The summed E-state index contributed by atoms with van der Waals surface area (Å²) in [6, 6.07) is 7.57. The lowest BCUT2D eigenvalue weighted by Gasteiger charge is -2.25. The number of nitrogen functional groups attached to an aromatic ring is 1. The largest absolute Gasteiger partial charge is 0.399 e. The van der Waals surface area contributed by atoms with E-state index < -0.39 is 5.41 Å². The summed E-state index contributed by atoms with van der Waals surface area (Å²) in [4.78, 5) is 12.4. The first-order chi connectivity index (χ1) is 9.39. The molecule has 1 aromatic carbocycles. The molecular weight excluding hydrogens is 248 g/mol. The van der Waals surface area contributed by atoms with E-state index in [9.17, 15) is 4.79 Å². The molecule has 3 nitrogen and oxygen atoms in total. The first-order valence-electron chi connectivity index (χ1n) is 7.54. The van der Waals surface area contributed by atoms with Crippen LogP contribution in [-0.2, 0) is 10.2 Å². The van der Waals surface area contributed by atoms with Crippen molar-refractivity contribution in [2.24, 2.45) is 11.8 Å². The third kappa shape index (κ3) is 3.33. The Morgan fingerprint density at radius 2 is 1.95 bits per heavy atom. The summed E-state index contributed by atoms with van der Waals surface area (Å²) < 4.78 is 0. The van der Waals surface area contributed by atoms with Crippen LogP contribution in [0.3, 0.4) is 0 Å². The smallest absolute Gasteiger partial charge is 0.230 e. The van der Waals surface area contributed by atoms with Gasteiger partial charge in [-0.05, 0) is 56.2 Å². The fraction of sp³-hybridized carbons (Fsp3) is 0.588. The first kappa shape index (κ1) is 14.9. The molecule has 0 aliphatic heterocycles. The number of nitrogens with two attached hydrogens (primary N) is 1. The summed E-state index contributed by atoms with van der Waals surface area (Å²) in [5, 5.41) is 3.13. The molecule has 0 radical (unpaired) electrons. The SMILES string of the molecule is CC1CCC(CNC(=O)C(C)(C)c2ccc(N)cc2)C1. The van der Waals surface area contributed by atoms with Crippen molar-refractivity contribution in [1.82, 2.24) is 5.32 Å². The molecule has 0 aromatic heterocycles. The molecule has 2 unspecified atom stereocenters. The Hall–Kier alpha value is -1.51. The predicted molar refractivity (Wildman–Crippen MR) is 83.4 cm³/mol. The van der Waals surface area contributed by atoms with Crippen LogP contribution in [0.15, 0.2) is 24.3 Å². The van der Waals surface area contributed by atoms with Crippen LogP contribution in [0.2, 0.25) is 0 Å². The van der Waals surface area contributed by atoms with Gasteiger partial charge in [-0.3, -0.25) is 4.79 Å². The Bertz CT molecular complexity index is 464. The van der Waals surface area contributed by atoms with Crippen LogP contribution >= 0.6 is 0 Å². The molecule has 20 heavy (non-hydrogen) atoms. The summed E-state index contributed by atoms with van der Waals surface area (Å²) >= 11 is 0. The highest BCUT2D eigenvalue weighted by molar-refractivity contribution is 5.87. The van der Waals surface area contributed by atoms with Gasteiger partial charge in [-0.2, -0.15) is 0 Å². The van der Waals surface area contributed by atoms with Crippen molar-refractivity contribution in [3.63, 3.8) is 0 Å². The molecule has 2 rings (SSSR count). The minimum Gasteiger partial charge on any atom is -0.399 e. The van der Waals surface area contributed by atoms with E-state index in [-0.39, 0.29) is 5.91 Å². The van der Waals surface area contributed by atoms with E-state index in [2.05, 4.69) is 12.2 Å². The van der Waals surface area contributed by atoms with Gasteiger partial charge in [-0.15, -0.1) is 0 Å². The highest BCUT2D eigenvalue weighted by atomic mass is 16.2. The van der Waals surface area contributed by atoms with Crippen molar-refractivity contribution in [2.75, 3.05) is 12.3 Å². The standard InChI is InChI=1S/C17H26N2O/c1-12-4-5-13(10-12)11-19-16(20)17(2,3)14-6-8-15(18)9-7-14/h6-9,12-13H,4-5,10-11,18H2,1-3H3,(H,19,20). The Balaban J connectivity index is 1.94. The molecule has 1 saturated carbocycles. The minimum absolute atomic E-state index is 0.0989. The van der Waals surface area contributed by atoms with Gasteiger partial charge in [0.15, 0.2) is 0 Å². The molecule has 1 aromatic rings. The van der Waals surface area contributed by atoms with Crippen LogP contribution in [0.5, 0.6) is 0 Å². The molecule has 1 fully saturated rings. The fourth-order valence-corrected chi connectivity index (χ4v) is 3.00. The maximum absolute atomic E-state index is 12.4. The number of carbonyl (C=O) groups excluding carboxylic acids is 1. The zero-order valence-electron chi connectivity index (χ0n) is 12.8. The highest BCUT2D eigenvalue weighted by Gasteiger charge is 2.30. The lowest BCUT2D eigenvalue weighted by molar-refractivity contribution is -0.125. The molecule has 3 N–H and O–H groups in total. The normalized spacial score (nSPS) is 22.8. The maximum atomic E-state index is 12.4. The zero-order chi connectivity index (χ0) is 14.8. The number of hydrogen-bond acceptors (Lipinski definition) is 2. The van der Waals surface area contributed by atoms with Gasteiger partial charge in [0.1, 0.15) is 0 Å². The second-order valence-corrected chi connectivity index (χ2v) is 6.74. The quantitative estimate of drug-likeness (QED) is 0.829. The lowest BCUT2D eigenvalue weighted by Crippen LogP contribution is -2.41. The highest BCUT2D eigenvalue weighted by Crippen LogP contribution is 2.30. The molecule has 0 heterocycles. The van der Waals surface area contributed by atoms with E-state index in [1.807, 2.05) is 38.1 Å². The third-order valence-electron chi connectivity index (χ3n) is 4.55. The molecule has 0 saturated heterocycles. The predicted octanol–water partition coefficient (Wildman–Crippen LogP) is 3.10. The van der Waals surface area contributed by atoms with Gasteiger partial charge in [0.05, 0.1) is 5.41 Å². The van der Waals surface area contributed by atoms with Gasteiger partial charge in [-0.1, -0.05) is 25.5 Å². The molecule has 3 heteroatoms. The van der Waals surface area contributed by atoms with E-state index in [1.165, 1.54) is 19.3 Å². The molecular formula is C17H26N2O. The van der Waals surface area contributed by atoms with Gasteiger partial charge in [0.2, 0.25) is 5.91 Å². The van der Waals surface area contributed by atoms with Gasteiger partial charge in [0.25, 0.3) is 0 Å². The zero-order valence-corrected chi connectivity index (χ0v) is 12.8. The summed E-state index contributed by atoms with van der Waals surface area (Å²) in [5.74, 6) is 1.56. The molecule has 1 aliphatic rings.